The van der Waals surface area contributed by atoms with Crippen molar-refractivity contribution >= 4 is 43.6 Å². The molecular formula is C45H32N2. The minimum absolute atomic E-state index is 0.0151. The van der Waals surface area contributed by atoms with Crippen LogP contribution in [0.15, 0.2) is 152 Å². The van der Waals surface area contributed by atoms with Crippen molar-refractivity contribution in [2.45, 2.75) is 19.3 Å². The summed E-state index contributed by atoms with van der Waals surface area (Å²) in [5.74, 6) is 0. The van der Waals surface area contributed by atoms with Gasteiger partial charge in [0.15, 0.2) is 0 Å². The summed E-state index contributed by atoms with van der Waals surface area (Å²) in [4.78, 5) is 3.66. The summed E-state index contributed by atoms with van der Waals surface area (Å²) >= 11 is 0. The van der Waals surface area contributed by atoms with Crippen LogP contribution in [0.25, 0.3) is 82.7 Å². The Morgan fingerprint density at radius 1 is 0.426 bits per heavy atom. The lowest BCUT2D eigenvalue weighted by Gasteiger charge is -2.22. The Labute approximate surface area is 273 Å². The predicted molar refractivity (Wildman–Crippen MR) is 199 cm³/mol. The number of nitrogens with one attached hydrogen (secondary N) is 1. The average Bonchev–Trinajstić information content (AvgIpc) is 3.73. The number of hydrogen-bond donors (Lipinski definition) is 1. The summed E-state index contributed by atoms with van der Waals surface area (Å²) in [5, 5.41) is 5.07. The van der Waals surface area contributed by atoms with Crippen molar-refractivity contribution in [1.29, 1.82) is 0 Å². The number of fused-ring (bicyclic) bond motifs is 9. The highest BCUT2D eigenvalue weighted by Gasteiger charge is 2.35. The van der Waals surface area contributed by atoms with E-state index in [9.17, 15) is 0 Å². The molecule has 2 heterocycles. The quantitative estimate of drug-likeness (QED) is 0.208. The highest BCUT2D eigenvalue weighted by molar-refractivity contribution is 6.10. The molecule has 0 atom stereocenters. The Hall–Kier alpha value is -5.86. The lowest BCUT2D eigenvalue weighted by molar-refractivity contribution is 0.660. The van der Waals surface area contributed by atoms with Crippen molar-refractivity contribution in [3.63, 3.8) is 0 Å². The molecule has 0 amide bonds. The largest absolute Gasteiger partial charge is 0.355 e. The van der Waals surface area contributed by atoms with Crippen LogP contribution in [0.2, 0.25) is 0 Å². The average molecular weight is 601 g/mol. The maximum absolute atomic E-state index is 3.66. The van der Waals surface area contributed by atoms with E-state index >= 15 is 0 Å². The summed E-state index contributed by atoms with van der Waals surface area (Å²) in [6, 6.07) is 55.9. The molecule has 0 bridgehead atoms. The van der Waals surface area contributed by atoms with Crippen LogP contribution < -0.4 is 0 Å². The van der Waals surface area contributed by atoms with E-state index in [1.165, 1.54) is 82.8 Å². The van der Waals surface area contributed by atoms with Crippen molar-refractivity contribution in [2.75, 3.05) is 0 Å². The monoisotopic (exact) mass is 600 g/mol. The zero-order chi connectivity index (χ0) is 31.3. The highest BCUT2D eigenvalue weighted by atomic mass is 15.0. The van der Waals surface area contributed by atoms with Crippen LogP contribution in [0, 0.1) is 0 Å². The molecule has 2 aromatic heterocycles. The van der Waals surface area contributed by atoms with Crippen molar-refractivity contribution in [3.05, 3.63) is 163 Å². The van der Waals surface area contributed by atoms with E-state index in [2.05, 4.69) is 175 Å². The first-order valence-electron chi connectivity index (χ1n) is 16.4. The molecule has 0 unspecified atom stereocenters. The number of nitrogens with zero attached hydrogens (tertiary/aromatic N) is 1. The molecular weight excluding hydrogens is 569 g/mol. The third kappa shape index (κ3) is 3.79. The fraction of sp³-hybridized carbons (Fsp3) is 0.0667. The van der Waals surface area contributed by atoms with Crippen LogP contribution in [0.1, 0.15) is 25.0 Å². The first-order valence-corrected chi connectivity index (χ1v) is 16.4. The number of H-pyrrole nitrogens is 1. The minimum Gasteiger partial charge on any atom is -0.355 e. The topological polar surface area (TPSA) is 20.7 Å². The van der Waals surface area contributed by atoms with Crippen molar-refractivity contribution in [2.24, 2.45) is 0 Å². The van der Waals surface area contributed by atoms with Gasteiger partial charge in [-0.25, -0.2) is 0 Å². The molecule has 2 heteroatoms. The van der Waals surface area contributed by atoms with Gasteiger partial charge in [0.25, 0.3) is 0 Å². The number of para-hydroxylation sites is 2. The summed E-state index contributed by atoms with van der Waals surface area (Å²) in [7, 11) is 0. The van der Waals surface area contributed by atoms with Crippen molar-refractivity contribution < 1.29 is 0 Å². The summed E-state index contributed by atoms with van der Waals surface area (Å²) in [6.45, 7) is 4.70. The summed E-state index contributed by atoms with van der Waals surface area (Å²) in [5.41, 5.74) is 16.4. The number of benzene rings is 7. The SMILES string of the molecule is CC1(C)c2ccccc2-c2ccc(-c3ccc4[nH]c5ccc(-c6ccc(-n7c8ccccc8c8ccccc87)cc6)cc5c4c3)cc21. The Bertz CT molecular complexity index is 2650. The predicted octanol–water partition coefficient (Wildman–Crippen LogP) is 12.1. The Morgan fingerprint density at radius 3 is 1.62 bits per heavy atom. The summed E-state index contributed by atoms with van der Waals surface area (Å²) in [6.07, 6.45) is 0. The van der Waals surface area contributed by atoms with Gasteiger partial charge in [-0.3, -0.25) is 0 Å². The van der Waals surface area contributed by atoms with Crippen LogP contribution in [0.3, 0.4) is 0 Å². The van der Waals surface area contributed by atoms with Gasteiger partial charge in [0.1, 0.15) is 0 Å². The third-order valence-corrected chi connectivity index (χ3v) is 10.6. The minimum atomic E-state index is -0.0151. The smallest absolute Gasteiger partial charge is 0.0541 e. The van der Waals surface area contributed by atoms with E-state index in [0.29, 0.717) is 0 Å². The van der Waals surface area contributed by atoms with Gasteiger partial charge < -0.3 is 9.55 Å². The Kier molecular flexibility index (Phi) is 5.37. The van der Waals surface area contributed by atoms with Crippen LogP contribution in [0.5, 0.6) is 0 Å². The molecule has 0 saturated heterocycles. The fourth-order valence-electron chi connectivity index (χ4n) is 8.14. The van der Waals surface area contributed by atoms with Gasteiger partial charge in [0.2, 0.25) is 0 Å². The van der Waals surface area contributed by atoms with Gasteiger partial charge in [-0.15, -0.1) is 0 Å². The van der Waals surface area contributed by atoms with Gasteiger partial charge in [0.05, 0.1) is 11.0 Å². The number of aromatic nitrogens is 2. The van der Waals surface area contributed by atoms with Crippen molar-refractivity contribution in [1.82, 2.24) is 9.55 Å². The molecule has 0 saturated carbocycles. The van der Waals surface area contributed by atoms with Crippen LogP contribution in [-0.2, 0) is 5.41 Å². The molecule has 222 valence electrons. The zero-order valence-electron chi connectivity index (χ0n) is 26.4. The molecule has 0 radical (unpaired) electrons. The van der Waals surface area contributed by atoms with Crippen LogP contribution in [-0.4, -0.2) is 9.55 Å². The van der Waals surface area contributed by atoms with Gasteiger partial charge in [0, 0.05) is 43.7 Å². The number of rotatable bonds is 3. The van der Waals surface area contributed by atoms with Gasteiger partial charge in [-0.1, -0.05) is 111 Å². The second-order valence-electron chi connectivity index (χ2n) is 13.5. The molecule has 0 fully saturated rings. The Morgan fingerprint density at radius 2 is 0.936 bits per heavy atom. The van der Waals surface area contributed by atoms with Crippen LogP contribution >= 0.6 is 0 Å². The Balaban J connectivity index is 1.04. The van der Waals surface area contributed by atoms with E-state index < -0.39 is 0 Å². The first kappa shape index (κ1) is 26.4. The van der Waals surface area contributed by atoms with Crippen molar-refractivity contribution in [3.8, 4) is 39.1 Å². The van der Waals surface area contributed by atoms with Gasteiger partial charge in [-0.2, -0.15) is 0 Å². The molecule has 2 nitrogen and oxygen atoms in total. The molecule has 9 aromatic rings. The molecule has 0 spiro atoms. The van der Waals surface area contributed by atoms with E-state index in [0.717, 1.165) is 11.0 Å². The van der Waals surface area contributed by atoms with Gasteiger partial charge in [-0.05, 0) is 99.1 Å². The maximum Gasteiger partial charge on any atom is 0.0541 e. The second-order valence-corrected chi connectivity index (χ2v) is 13.5. The molecule has 1 N–H and O–H groups in total. The summed E-state index contributed by atoms with van der Waals surface area (Å²) < 4.78 is 2.37. The van der Waals surface area contributed by atoms with Gasteiger partial charge >= 0.3 is 0 Å². The fourth-order valence-corrected chi connectivity index (χ4v) is 8.14. The molecule has 10 rings (SSSR count). The normalized spacial score (nSPS) is 13.5. The number of hydrogen-bond acceptors (Lipinski definition) is 0. The molecule has 1 aliphatic rings. The second kappa shape index (κ2) is 9.57. The molecule has 7 aromatic carbocycles. The molecule has 47 heavy (non-hydrogen) atoms. The lowest BCUT2D eigenvalue weighted by Crippen LogP contribution is -2.14. The molecule has 1 aliphatic carbocycles. The van der Waals surface area contributed by atoms with Crippen LogP contribution in [0.4, 0.5) is 0 Å². The van der Waals surface area contributed by atoms with E-state index in [1.54, 1.807) is 0 Å². The van der Waals surface area contributed by atoms with E-state index in [1.807, 2.05) is 0 Å². The maximum atomic E-state index is 3.66. The number of aromatic amines is 1. The van der Waals surface area contributed by atoms with E-state index in [-0.39, 0.29) is 5.41 Å². The third-order valence-electron chi connectivity index (χ3n) is 10.6. The zero-order valence-corrected chi connectivity index (χ0v) is 26.4. The molecule has 0 aliphatic heterocycles. The highest BCUT2D eigenvalue weighted by Crippen LogP contribution is 2.49. The lowest BCUT2D eigenvalue weighted by atomic mass is 9.81. The first-order chi connectivity index (χ1) is 23.0. The van der Waals surface area contributed by atoms with E-state index in [4.69, 9.17) is 0 Å². The standard InChI is InChI=1S/C45H32N2/c1-45(2)39-12-6-3-9-33(39)34-22-17-31(27-40(34)45)30-19-24-42-38(26-30)37-25-29(18-23-41(37)46-42)28-15-20-32(21-16-28)47-43-13-7-4-10-35(43)36-11-5-8-14-44(36)47/h3-27,46H,1-2H3.